The molecule has 0 unspecified atom stereocenters. The van der Waals surface area contributed by atoms with Gasteiger partial charge in [0, 0.05) is 19.6 Å². The van der Waals surface area contributed by atoms with Crippen LogP contribution in [0.5, 0.6) is 5.75 Å². The number of rotatable bonds is 5. The summed E-state index contributed by atoms with van der Waals surface area (Å²) in [5.41, 5.74) is 2.21. The van der Waals surface area contributed by atoms with Crippen LogP contribution in [0.15, 0.2) is 12.1 Å². The van der Waals surface area contributed by atoms with Crippen LogP contribution in [0.1, 0.15) is 18.4 Å². The molecule has 0 radical (unpaired) electrons. The van der Waals surface area contributed by atoms with Crippen molar-refractivity contribution in [1.29, 1.82) is 0 Å². The van der Waals surface area contributed by atoms with E-state index < -0.39 is 0 Å². The van der Waals surface area contributed by atoms with Crippen LogP contribution >= 0.6 is 0 Å². The summed E-state index contributed by atoms with van der Waals surface area (Å²) >= 11 is 0. The van der Waals surface area contributed by atoms with Crippen LogP contribution < -0.4 is 14.9 Å². The third kappa shape index (κ3) is 3.74. The molecule has 134 valence electrons. The number of aryl methyl sites for hydroxylation is 1. The standard InChI is InChI=1S/C17H23N5O3/c23-22-15-12-16-13(3-1-8-25-16)11-14(15)19-17(20-22)18-4-2-5-21-6-9-24-10-7-21/h11-12H,1-10H2,(H,18,19,20). The number of fused-ring (bicyclic) bond motifs is 2. The molecule has 25 heavy (non-hydrogen) atoms. The van der Waals surface area contributed by atoms with Gasteiger partial charge in [-0.3, -0.25) is 4.90 Å². The summed E-state index contributed by atoms with van der Waals surface area (Å²) in [5.74, 6) is 1.15. The minimum absolute atomic E-state index is 0.376. The van der Waals surface area contributed by atoms with E-state index in [1.807, 2.05) is 6.07 Å². The zero-order valence-corrected chi connectivity index (χ0v) is 14.2. The molecule has 1 saturated heterocycles. The minimum atomic E-state index is 0.376. The molecule has 4 rings (SSSR count). The molecule has 0 aliphatic carbocycles. The summed E-state index contributed by atoms with van der Waals surface area (Å²) in [6.07, 6.45) is 2.92. The van der Waals surface area contributed by atoms with Crippen molar-refractivity contribution in [2.24, 2.45) is 0 Å². The van der Waals surface area contributed by atoms with Crippen molar-refractivity contribution in [3.8, 4) is 5.75 Å². The van der Waals surface area contributed by atoms with Crippen molar-refractivity contribution in [3.63, 3.8) is 0 Å². The molecule has 0 saturated carbocycles. The molecule has 0 bridgehead atoms. The molecule has 8 heteroatoms. The van der Waals surface area contributed by atoms with E-state index in [1.165, 1.54) is 0 Å². The number of hydrogen-bond acceptors (Lipinski definition) is 7. The van der Waals surface area contributed by atoms with Crippen LogP contribution in [0.3, 0.4) is 0 Å². The molecule has 2 aromatic rings. The number of hydrogen-bond donors (Lipinski definition) is 1. The van der Waals surface area contributed by atoms with Crippen molar-refractivity contribution in [2.75, 3.05) is 51.3 Å². The Labute approximate surface area is 146 Å². The first-order valence-corrected chi connectivity index (χ1v) is 8.91. The Balaban J connectivity index is 1.41. The lowest BCUT2D eigenvalue weighted by atomic mass is 10.1. The van der Waals surface area contributed by atoms with Gasteiger partial charge in [-0.05, 0) is 42.3 Å². The number of morpholine rings is 1. The van der Waals surface area contributed by atoms with E-state index in [-0.39, 0.29) is 0 Å². The van der Waals surface area contributed by atoms with Gasteiger partial charge in [-0.1, -0.05) is 0 Å². The van der Waals surface area contributed by atoms with Gasteiger partial charge in [-0.15, -0.1) is 0 Å². The van der Waals surface area contributed by atoms with E-state index in [2.05, 4.69) is 20.3 Å². The van der Waals surface area contributed by atoms with Gasteiger partial charge in [0.1, 0.15) is 11.3 Å². The highest BCUT2D eigenvalue weighted by Crippen LogP contribution is 2.28. The molecule has 0 atom stereocenters. The van der Waals surface area contributed by atoms with Gasteiger partial charge < -0.3 is 20.0 Å². The average Bonchev–Trinajstić information content (AvgIpc) is 2.65. The van der Waals surface area contributed by atoms with Crippen molar-refractivity contribution >= 4 is 17.0 Å². The first-order chi connectivity index (χ1) is 12.3. The number of benzene rings is 1. The van der Waals surface area contributed by atoms with Gasteiger partial charge in [0.2, 0.25) is 0 Å². The maximum Gasteiger partial charge on any atom is 0.290 e. The van der Waals surface area contributed by atoms with Crippen molar-refractivity contribution in [3.05, 3.63) is 22.9 Å². The second-order valence-electron chi connectivity index (χ2n) is 6.44. The zero-order chi connectivity index (χ0) is 17.1. The molecule has 1 aromatic heterocycles. The first-order valence-electron chi connectivity index (χ1n) is 8.91. The van der Waals surface area contributed by atoms with Gasteiger partial charge in [0.15, 0.2) is 0 Å². The average molecular weight is 345 g/mol. The fourth-order valence-electron chi connectivity index (χ4n) is 3.30. The van der Waals surface area contributed by atoms with Crippen LogP contribution in [0, 0.1) is 5.21 Å². The molecule has 1 aromatic carbocycles. The molecule has 1 fully saturated rings. The lowest BCUT2D eigenvalue weighted by molar-refractivity contribution is -0.641. The van der Waals surface area contributed by atoms with Crippen LogP contribution in [-0.2, 0) is 11.2 Å². The third-order valence-electron chi connectivity index (χ3n) is 4.66. The topological polar surface area (TPSA) is 86.5 Å². The van der Waals surface area contributed by atoms with Crippen LogP contribution in [0.2, 0.25) is 0 Å². The SMILES string of the molecule is [O-][n+]1nc(NCCCN2CCOCC2)nc2cc3c(cc21)OCCC3. The lowest BCUT2D eigenvalue weighted by Gasteiger charge is -2.26. The van der Waals surface area contributed by atoms with Gasteiger partial charge >= 0.3 is 0 Å². The van der Waals surface area contributed by atoms with Gasteiger partial charge in [0.25, 0.3) is 11.5 Å². The highest BCUT2D eigenvalue weighted by atomic mass is 16.5. The van der Waals surface area contributed by atoms with Gasteiger partial charge in [0.05, 0.1) is 31.0 Å². The minimum Gasteiger partial charge on any atom is -0.594 e. The molecule has 3 heterocycles. The highest BCUT2D eigenvalue weighted by Gasteiger charge is 2.18. The number of ether oxygens (including phenoxy) is 2. The quantitative estimate of drug-likeness (QED) is 0.485. The molecule has 8 nitrogen and oxygen atoms in total. The highest BCUT2D eigenvalue weighted by molar-refractivity contribution is 5.75. The Kier molecular flexibility index (Phi) is 4.80. The molecule has 2 aliphatic rings. The fourth-order valence-corrected chi connectivity index (χ4v) is 3.30. The maximum absolute atomic E-state index is 12.2. The Hall–Kier alpha value is -2.19. The smallest absolute Gasteiger partial charge is 0.290 e. The molecular formula is C17H23N5O3. The monoisotopic (exact) mass is 345 g/mol. The summed E-state index contributed by atoms with van der Waals surface area (Å²) < 4.78 is 11.0. The largest absolute Gasteiger partial charge is 0.594 e. The van der Waals surface area contributed by atoms with Crippen LogP contribution in [0.25, 0.3) is 11.0 Å². The van der Waals surface area contributed by atoms with E-state index in [0.717, 1.165) is 70.0 Å². The third-order valence-corrected chi connectivity index (χ3v) is 4.66. The summed E-state index contributed by atoms with van der Waals surface area (Å²) in [4.78, 5) is 7.51. The fraction of sp³-hybridized carbons (Fsp3) is 0.588. The molecule has 2 aliphatic heterocycles. The first kappa shape index (κ1) is 16.3. The second kappa shape index (κ2) is 7.37. The Bertz CT molecular complexity index is 749. The van der Waals surface area contributed by atoms with E-state index in [1.54, 1.807) is 6.07 Å². The number of anilines is 1. The van der Waals surface area contributed by atoms with Crippen LogP contribution in [-0.4, -0.2) is 61.0 Å². The molecule has 0 amide bonds. The van der Waals surface area contributed by atoms with E-state index in [0.29, 0.717) is 28.4 Å². The number of aromatic nitrogens is 3. The van der Waals surface area contributed by atoms with E-state index in [9.17, 15) is 5.21 Å². The van der Waals surface area contributed by atoms with E-state index in [4.69, 9.17) is 9.47 Å². The summed E-state index contributed by atoms with van der Waals surface area (Å²) in [5, 5.41) is 19.4. The molecular weight excluding hydrogens is 322 g/mol. The zero-order valence-electron chi connectivity index (χ0n) is 14.2. The number of nitrogens with one attached hydrogen (secondary N) is 1. The molecule has 1 N–H and O–H groups in total. The van der Waals surface area contributed by atoms with Crippen molar-refractivity contribution < 1.29 is 14.3 Å². The van der Waals surface area contributed by atoms with Gasteiger partial charge in [-0.2, -0.15) is 0 Å². The van der Waals surface area contributed by atoms with Crippen molar-refractivity contribution in [1.82, 2.24) is 15.0 Å². The number of nitrogens with zero attached hydrogens (tertiary/aromatic N) is 4. The predicted octanol–water partition coefficient (Wildman–Crippen LogP) is 0.722. The summed E-state index contributed by atoms with van der Waals surface area (Å²) in [6.45, 7) is 6.03. The summed E-state index contributed by atoms with van der Waals surface area (Å²) in [6, 6.07) is 3.69. The summed E-state index contributed by atoms with van der Waals surface area (Å²) in [7, 11) is 0. The predicted molar refractivity (Wildman–Crippen MR) is 92.7 cm³/mol. The van der Waals surface area contributed by atoms with E-state index >= 15 is 0 Å². The van der Waals surface area contributed by atoms with Crippen LogP contribution in [0.4, 0.5) is 5.95 Å². The van der Waals surface area contributed by atoms with Crippen molar-refractivity contribution in [2.45, 2.75) is 19.3 Å². The lowest BCUT2D eigenvalue weighted by Crippen LogP contribution is -2.37. The Morgan fingerprint density at radius 2 is 2.12 bits per heavy atom. The molecule has 0 spiro atoms. The Morgan fingerprint density at radius 1 is 1.24 bits per heavy atom. The second-order valence-corrected chi connectivity index (χ2v) is 6.44. The maximum atomic E-state index is 12.2. The Morgan fingerprint density at radius 3 is 3.00 bits per heavy atom. The normalized spacial score (nSPS) is 17.9. The van der Waals surface area contributed by atoms with Gasteiger partial charge in [-0.25, -0.2) is 4.98 Å².